The minimum absolute atomic E-state index is 0.184. The second kappa shape index (κ2) is 10.7. The van der Waals surface area contributed by atoms with E-state index in [1.165, 1.54) is 0 Å². The molecule has 0 spiro atoms. The molecule has 4 rings (SSSR count). The second-order valence-corrected chi connectivity index (χ2v) is 8.06. The highest BCUT2D eigenvalue weighted by Gasteiger charge is 2.22. The summed E-state index contributed by atoms with van der Waals surface area (Å²) >= 11 is 0. The Morgan fingerprint density at radius 1 is 0.909 bits per heavy atom. The van der Waals surface area contributed by atoms with Gasteiger partial charge < -0.3 is 15.0 Å². The summed E-state index contributed by atoms with van der Waals surface area (Å²) < 4.78 is 5.52. The van der Waals surface area contributed by atoms with Crippen molar-refractivity contribution in [1.29, 1.82) is 0 Å². The molecule has 1 fully saturated rings. The molecule has 0 saturated carbocycles. The molecular weight excluding hydrogens is 416 g/mol. The molecule has 1 saturated heterocycles. The number of hydrogen-bond donors (Lipinski definition) is 1. The Kier molecular flexibility index (Phi) is 7.32. The molecule has 7 heteroatoms. The van der Waals surface area contributed by atoms with Crippen molar-refractivity contribution in [3.05, 3.63) is 89.7 Å². The maximum atomic E-state index is 12.5. The standard InChI is InChI=1S/C26H28N4O3/c1-20-6-5-9-22(27-20)14-15-29-16-18-30(19-17-29)26(32)33-24-12-10-23(11-13-24)28-25(31)21-7-3-2-4-8-21/h2-13H,14-19H2,1H3,(H,28,31). The third-order valence-corrected chi connectivity index (χ3v) is 5.61. The molecule has 0 atom stereocenters. The first-order valence-electron chi connectivity index (χ1n) is 11.1. The van der Waals surface area contributed by atoms with Gasteiger partial charge in [-0.3, -0.25) is 14.7 Å². The number of benzene rings is 2. The number of ether oxygens (including phenoxy) is 1. The molecule has 0 unspecified atom stereocenters. The zero-order valence-corrected chi connectivity index (χ0v) is 18.7. The average Bonchev–Trinajstić information content (AvgIpc) is 2.85. The molecule has 0 radical (unpaired) electrons. The Morgan fingerprint density at radius 2 is 1.64 bits per heavy atom. The van der Waals surface area contributed by atoms with Crippen LogP contribution in [0.2, 0.25) is 0 Å². The van der Waals surface area contributed by atoms with E-state index in [2.05, 4.69) is 21.3 Å². The molecule has 1 aliphatic heterocycles. The largest absolute Gasteiger partial charge is 0.415 e. The molecule has 33 heavy (non-hydrogen) atoms. The van der Waals surface area contributed by atoms with Gasteiger partial charge in [0, 0.05) is 61.8 Å². The molecule has 7 nitrogen and oxygen atoms in total. The number of aromatic nitrogens is 1. The third kappa shape index (κ3) is 6.40. The molecule has 2 amide bonds. The lowest BCUT2D eigenvalue weighted by Gasteiger charge is -2.33. The van der Waals surface area contributed by atoms with Gasteiger partial charge in [-0.1, -0.05) is 24.3 Å². The van der Waals surface area contributed by atoms with E-state index in [-0.39, 0.29) is 12.0 Å². The average molecular weight is 445 g/mol. The van der Waals surface area contributed by atoms with Gasteiger partial charge in [-0.05, 0) is 55.5 Å². The van der Waals surface area contributed by atoms with Gasteiger partial charge in [-0.25, -0.2) is 4.79 Å². The Morgan fingerprint density at radius 3 is 2.33 bits per heavy atom. The van der Waals surface area contributed by atoms with Crippen LogP contribution >= 0.6 is 0 Å². The van der Waals surface area contributed by atoms with Gasteiger partial charge in [-0.2, -0.15) is 0 Å². The summed E-state index contributed by atoms with van der Waals surface area (Å²) in [5.41, 5.74) is 3.36. The van der Waals surface area contributed by atoms with Gasteiger partial charge >= 0.3 is 6.09 Å². The molecule has 1 aromatic heterocycles. The number of nitrogens with one attached hydrogen (secondary N) is 1. The number of carbonyl (C=O) groups is 2. The van der Waals surface area contributed by atoms with Crippen LogP contribution in [0.15, 0.2) is 72.8 Å². The van der Waals surface area contributed by atoms with Crippen LogP contribution in [-0.2, 0) is 6.42 Å². The van der Waals surface area contributed by atoms with Gasteiger partial charge in [0.2, 0.25) is 0 Å². The highest BCUT2D eigenvalue weighted by Crippen LogP contribution is 2.18. The van der Waals surface area contributed by atoms with E-state index in [1.807, 2.05) is 37.3 Å². The number of nitrogens with zero attached hydrogens (tertiary/aromatic N) is 3. The van der Waals surface area contributed by atoms with Crippen molar-refractivity contribution < 1.29 is 14.3 Å². The van der Waals surface area contributed by atoms with Crippen LogP contribution in [0.5, 0.6) is 5.75 Å². The van der Waals surface area contributed by atoms with E-state index in [0.717, 1.165) is 37.4 Å². The normalized spacial score (nSPS) is 14.0. The number of rotatable bonds is 6. The van der Waals surface area contributed by atoms with Gasteiger partial charge in [0.15, 0.2) is 0 Å². The fourth-order valence-corrected chi connectivity index (χ4v) is 3.73. The first-order chi connectivity index (χ1) is 16.1. The summed E-state index contributed by atoms with van der Waals surface area (Å²) in [5.74, 6) is 0.266. The van der Waals surface area contributed by atoms with Gasteiger partial charge in [0.1, 0.15) is 5.75 Å². The van der Waals surface area contributed by atoms with E-state index in [4.69, 9.17) is 4.74 Å². The van der Waals surface area contributed by atoms with E-state index >= 15 is 0 Å². The predicted molar refractivity (Wildman–Crippen MR) is 128 cm³/mol. The summed E-state index contributed by atoms with van der Waals surface area (Å²) in [6.07, 6.45) is 0.551. The molecule has 2 heterocycles. The van der Waals surface area contributed by atoms with Crippen LogP contribution in [-0.4, -0.2) is 59.5 Å². The number of pyridine rings is 1. The van der Waals surface area contributed by atoms with Gasteiger partial charge in [-0.15, -0.1) is 0 Å². The number of aryl methyl sites for hydroxylation is 1. The molecule has 0 aliphatic carbocycles. The number of piperazine rings is 1. The number of carbonyl (C=O) groups excluding carboxylic acids is 2. The Balaban J connectivity index is 1.21. The molecule has 3 aromatic rings. The number of anilines is 1. The lowest BCUT2D eigenvalue weighted by Crippen LogP contribution is -2.49. The molecular formula is C26H28N4O3. The molecule has 170 valence electrons. The SMILES string of the molecule is Cc1cccc(CCN2CCN(C(=O)Oc3ccc(NC(=O)c4ccccc4)cc3)CC2)n1. The van der Waals surface area contributed by atoms with E-state index in [1.54, 1.807) is 41.3 Å². The van der Waals surface area contributed by atoms with Crippen molar-refractivity contribution in [1.82, 2.24) is 14.8 Å². The van der Waals surface area contributed by atoms with Crippen molar-refractivity contribution >= 4 is 17.7 Å². The Hall–Kier alpha value is -3.71. The zero-order chi connectivity index (χ0) is 23.0. The summed E-state index contributed by atoms with van der Waals surface area (Å²) in [6.45, 7) is 5.81. The van der Waals surface area contributed by atoms with Crippen molar-refractivity contribution in [2.24, 2.45) is 0 Å². The van der Waals surface area contributed by atoms with Crippen LogP contribution in [0, 0.1) is 6.92 Å². The van der Waals surface area contributed by atoms with Crippen molar-refractivity contribution in [3.63, 3.8) is 0 Å². The summed E-state index contributed by atoms with van der Waals surface area (Å²) in [7, 11) is 0. The lowest BCUT2D eigenvalue weighted by molar-refractivity contribution is 0.102. The quantitative estimate of drug-likeness (QED) is 0.622. The van der Waals surface area contributed by atoms with Crippen molar-refractivity contribution in [2.75, 3.05) is 38.0 Å². The van der Waals surface area contributed by atoms with Gasteiger partial charge in [0.25, 0.3) is 5.91 Å². The Bertz CT molecular complexity index is 1080. The van der Waals surface area contributed by atoms with E-state index in [0.29, 0.717) is 30.1 Å². The molecule has 1 aliphatic rings. The summed E-state index contributed by atoms with van der Waals surface area (Å²) in [6, 6.07) is 21.9. The number of amides is 2. The second-order valence-electron chi connectivity index (χ2n) is 8.06. The predicted octanol–water partition coefficient (Wildman–Crippen LogP) is 4.00. The fourth-order valence-electron chi connectivity index (χ4n) is 3.73. The van der Waals surface area contributed by atoms with Crippen LogP contribution in [0.25, 0.3) is 0 Å². The Labute approximate surface area is 194 Å². The monoisotopic (exact) mass is 444 g/mol. The molecule has 1 N–H and O–H groups in total. The van der Waals surface area contributed by atoms with Crippen molar-refractivity contribution in [3.8, 4) is 5.75 Å². The summed E-state index contributed by atoms with van der Waals surface area (Å²) in [5, 5.41) is 2.83. The first kappa shape index (κ1) is 22.5. The van der Waals surface area contributed by atoms with Crippen LogP contribution in [0.4, 0.5) is 10.5 Å². The maximum absolute atomic E-state index is 12.5. The molecule has 2 aromatic carbocycles. The summed E-state index contributed by atoms with van der Waals surface area (Å²) in [4.78, 5) is 33.4. The van der Waals surface area contributed by atoms with Crippen LogP contribution in [0.3, 0.4) is 0 Å². The van der Waals surface area contributed by atoms with E-state index < -0.39 is 0 Å². The van der Waals surface area contributed by atoms with Crippen LogP contribution in [0.1, 0.15) is 21.7 Å². The van der Waals surface area contributed by atoms with Crippen LogP contribution < -0.4 is 10.1 Å². The minimum Gasteiger partial charge on any atom is -0.410 e. The highest BCUT2D eigenvalue weighted by atomic mass is 16.6. The highest BCUT2D eigenvalue weighted by molar-refractivity contribution is 6.04. The van der Waals surface area contributed by atoms with Gasteiger partial charge in [0.05, 0.1) is 0 Å². The zero-order valence-electron chi connectivity index (χ0n) is 18.7. The minimum atomic E-state index is -0.351. The topological polar surface area (TPSA) is 74.8 Å². The maximum Gasteiger partial charge on any atom is 0.415 e. The fraction of sp³-hybridized carbons (Fsp3) is 0.269. The smallest absolute Gasteiger partial charge is 0.410 e. The first-order valence-corrected chi connectivity index (χ1v) is 11.1. The van der Waals surface area contributed by atoms with E-state index in [9.17, 15) is 9.59 Å². The van der Waals surface area contributed by atoms with Crippen molar-refractivity contribution in [2.45, 2.75) is 13.3 Å². The molecule has 0 bridgehead atoms. The lowest BCUT2D eigenvalue weighted by atomic mass is 10.2. The number of hydrogen-bond acceptors (Lipinski definition) is 5. The third-order valence-electron chi connectivity index (χ3n) is 5.61.